The van der Waals surface area contributed by atoms with Crippen molar-refractivity contribution in [1.82, 2.24) is 10.2 Å². The Kier molecular flexibility index (Phi) is 8.18. The summed E-state index contributed by atoms with van der Waals surface area (Å²) in [6, 6.07) is 15.0. The Morgan fingerprint density at radius 3 is 2.18 bits per heavy atom. The molecule has 2 aromatic rings. The first-order valence-corrected chi connectivity index (χ1v) is 9.82. The van der Waals surface area contributed by atoms with E-state index in [0.717, 1.165) is 17.5 Å². The molecule has 0 fully saturated rings. The van der Waals surface area contributed by atoms with Gasteiger partial charge in [0.15, 0.2) is 0 Å². The van der Waals surface area contributed by atoms with E-state index in [1.807, 2.05) is 51.1 Å². The number of nitrogens with zero attached hydrogens (tertiary/aromatic N) is 1. The molecule has 1 N–H and O–H groups in total. The van der Waals surface area contributed by atoms with Gasteiger partial charge < -0.3 is 10.2 Å². The van der Waals surface area contributed by atoms with Crippen LogP contribution in [0.15, 0.2) is 54.6 Å². The van der Waals surface area contributed by atoms with Crippen LogP contribution in [0.1, 0.15) is 44.7 Å². The highest BCUT2D eigenvalue weighted by atomic mass is 19.1. The molecular weight excluding hydrogens is 355 g/mol. The van der Waals surface area contributed by atoms with Crippen LogP contribution in [-0.2, 0) is 22.6 Å². The van der Waals surface area contributed by atoms with Gasteiger partial charge in [0.2, 0.25) is 11.8 Å². The van der Waals surface area contributed by atoms with E-state index < -0.39 is 6.04 Å². The Hall–Kier alpha value is -2.69. The second-order valence-electron chi connectivity index (χ2n) is 7.05. The summed E-state index contributed by atoms with van der Waals surface area (Å²) in [6.07, 6.45) is 1.47. The molecule has 2 rings (SSSR count). The topological polar surface area (TPSA) is 49.4 Å². The number of benzene rings is 2. The van der Waals surface area contributed by atoms with Crippen molar-refractivity contribution in [3.8, 4) is 0 Å². The molecule has 0 spiro atoms. The van der Waals surface area contributed by atoms with E-state index in [2.05, 4.69) is 5.32 Å². The molecule has 150 valence electrons. The Labute approximate surface area is 166 Å². The third-order valence-corrected chi connectivity index (χ3v) is 4.85. The number of carbonyl (C=O) groups is 2. The molecule has 4 nitrogen and oxygen atoms in total. The number of hydrogen-bond acceptors (Lipinski definition) is 2. The molecule has 5 heteroatoms. The van der Waals surface area contributed by atoms with Gasteiger partial charge in [0.1, 0.15) is 11.9 Å². The highest BCUT2D eigenvalue weighted by Crippen LogP contribution is 2.15. The Balaban J connectivity index is 2.24. The summed E-state index contributed by atoms with van der Waals surface area (Å²) < 4.78 is 13.2. The number of carbonyl (C=O) groups excluding carboxylic acids is 2. The van der Waals surface area contributed by atoms with Gasteiger partial charge in [-0.2, -0.15) is 0 Å². The molecule has 2 aromatic carbocycles. The lowest BCUT2D eigenvalue weighted by molar-refractivity contribution is -0.141. The fourth-order valence-electron chi connectivity index (χ4n) is 3.02. The maximum atomic E-state index is 13.2. The van der Waals surface area contributed by atoms with Crippen LogP contribution >= 0.6 is 0 Å². The second-order valence-corrected chi connectivity index (χ2v) is 7.05. The van der Waals surface area contributed by atoms with Gasteiger partial charge in [-0.05, 0) is 43.0 Å². The molecule has 0 aliphatic carbocycles. The molecule has 0 radical (unpaired) electrons. The van der Waals surface area contributed by atoms with Crippen molar-refractivity contribution >= 4 is 11.8 Å². The molecule has 0 bridgehead atoms. The van der Waals surface area contributed by atoms with Crippen LogP contribution in [-0.4, -0.2) is 28.8 Å². The molecule has 2 amide bonds. The first kappa shape index (κ1) is 21.6. The van der Waals surface area contributed by atoms with Gasteiger partial charge in [-0.15, -0.1) is 0 Å². The lowest BCUT2D eigenvalue weighted by Crippen LogP contribution is -2.51. The fraction of sp³-hybridized carbons (Fsp3) is 0.391. The summed E-state index contributed by atoms with van der Waals surface area (Å²) in [7, 11) is 0. The maximum absolute atomic E-state index is 13.2. The zero-order chi connectivity index (χ0) is 20.5. The largest absolute Gasteiger partial charge is 0.352 e. The van der Waals surface area contributed by atoms with Crippen LogP contribution in [0.3, 0.4) is 0 Å². The van der Waals surface area contributed by atoms with Crippen LogP contribution in [0.2, 0.25) is 0 Å². The highest BCUT2D eigenvalue weighted by molar-refractivity contribution is 5.88. The molecule has 0 aliphatic heterocycles. The van der Waals surface area contributed by atoms with E-state index in [-0.39, 0.29) is 30.1 Å². The van der Waals surface area contributed by atoms with Crippen LogP contribution in [0.4, 0.5) is 4.39 Å². The lowest BCUT2D eigenvalue weighted by atomic mass is 10.1. The number of hydrogen-bond donors (Lipinski definition) is 1. The van der Waals surface area contributed by atoms with Gasteiger partial charge in [-0.1, -0.05) is 56.3 Å². The molecule has 2 atom stereocenters. The van der Waals surface area contributed by atoms with Gasteiger partial charge >= 0.3 is 0 Å². The summed E-state index contributed by atoms with van der Waals surface area (Å²) in [5.74, 6) is -0.626. The monoisotopic (exact) mass is 384 g/mol. The molecule has 28 heavy (non-hydrogen) atoms. The summed E-state index contributed by atoms with van der Waals surface area (Å²) in [4.78, 5) is 27.6. The van der Waals surface area contributed by atoms with E-state index in [0.29, 0.717) is 13.0 Å². The third kappa shape index (κ3) is 6.19. The van der Waals surface area contributed by atoms with Crippen molar-refractivity contribution in [2.24, 2.45) is 0 Å². The Morgan fingerprint density at radius 2 is 1.61 bits per heavy atom. The van der Waals surface area contributed by atoms with Crippen molar-refractivity contribution in [1.29, 1.82) is 0 Å². The van der Waals surface area contributed by atoms with Gasteiger partial charge in [-0.25, -0.2) is 4.39 Å². The van der Waals surface area contributed by atoms with Crippen molar-refractivity contribution in [2.75, 3.05) is 0 Å². The fourth-order valence-corrected chi connectivity index (χ4v) is 3.02. The van der Waals surface area contributed by atoms with Crippen LogP contribution in [0.25, 0.3) is 0 Å². The molecule has 0 heterocycles. The van der Waals surface area contributed by atoms with E-state index in [1.54, 1.807) is 17.0 Å². The third-order valence-electron chi connectivity index (χ3n) is 4.85. The quantitative estimate of drug-likeness (QED) is 0.708. The van der Waals surface area contributed by atoms with Crippen molar-refractivity contribution in [3.63, 3.8) is 0 Å². The van der Waals surface area contributed by atoms with Gasteiger partial charge in [-0.3, -0.25) is 9.59 Å². The van der Waals surface area contributed by atoms with E-state index in [4.69, 9.17) is 0 Å². The second kappa shape index (κ2) is 10.6. The average molecular weight is 384 g/mol. The number of rotatable bonds is 9. The number of amides is 2. The van der Waals surface area contributed by atoms with Crippen LogP contribution in [0, 0.1) is 5.82 Å². The van der Waals surface area contributed by atoms with Crippen molar-refractivity contribution in [2.45, 2.75) is 58.7 Å². The zero-order valence-corrected chi connectivity index (χ0v) is 16.8. The highest BCUT2D eigenvalue weighted by Gasteiger charge is 2.29. The molecule has 0 saturated heterocycles. The van der Waals surface area contributed by atoms with E-state index >= 15 is 0 Å². The Bertz CT molecular complexity index is 762. The molecule has 0 aliphatic rings. The van der Waals surface area contributed by atoms with Crippen LogP contribution in [0.5, 0.6) is 0 Å². The zero-order valence-electron chi connectivity index (χ0n) is 16.8. The molecular formula is C23H29FN2O2. The Morgan fingerprint density at radius 1 is 0.964 bits per heavy atom. The predicted molar refractivity (Wildman–Crippen MR) is 109 cm³/mol. The predicted octanol–water partition coefficient (Wildman–Crippen LogP) is 4.09. The molecule has 0 unspecified atom stereocenters. The van der Waals surface area contributed by atoms with Crippen LogP contribution < -0.4 is 5.32 Å². The standard InChI is InChI=1S/C23H29FN2O2/c1-4-17(3)25-23(28)21(5-2)26(16-19-9-7-6-8-10-19)22(27)15-18-11-13-20(24)14-12-18/h6-14,17,21H,4-5,15-16H2,1-3H3,(H,25,28)/t17-,21+/m1/s1. The normalized spacial score (nSPS) is 12.9. The van der Waals surface area contributed by atoms with Gasteiger partial charge in [0.05, 0.1) is 6.42 Å². The maximum Gasteiger partial charge on any atom is 0.243 e. The van der Waals surface area contributed by atoms with Crippen molar-refractivity contribution in [3.05, 3.63) is 71.5 Å². The number of halogens is 1. The first-order valence-electron chi connectivity index (χ1n) is 9.82. The minimum atomic E-state index is -0.554. The lowest BCUT2D eigenvalue weighted by Gasteiger charge is -2.31. The summed E-state index contributed by atoms with van der Waals surface area (Å²) >= 11 is 0. The summed E-state index contributed by atoms with van der Waals surface area (Å²) in [5.41, 5.74) is 1.69. The van der Waals surface area contributed by atoms with Crippen molar-refractivity contribution < 1.29 is 14.0 Å². The summed E-state index contributed by atoms with van der Waals surface area (Å²) in [6.45, 7) is 6.22. The van der Waals surface area contributed by atoms with E-state index in [1.165, 1.54) is 12.1 Å². The molecule has 0 aromatic heterocycles. The average Bonchev–Trinajstić information content (AvgIpc) is 2.70. The first-order chi connectivity index (χ1) is 13.4. The van der Waals surface area contributed by atoms with Gasteiger partial charge in [0, 0.05) is 12.6 Å². The van der Waals surface area contributed by atoms with Gasteiger partial charge in [0.25, 0.3) is 0 Å². The summed E-state index contributed by atoms with van der Waals surface area (Å²) in [5, 5.41) is 2.99. The molecule has 0 saturated carbocycles. The minimum Gasteiger partial charge on any atom is -0.352 e. The smallest absolute Gasteiger partial charge is 0.243 e. The minimum absolute atomic E-state index is 0.0484. The SMILES string of the molecule is CC[C@@H](C)NC(=O)[C@H](CC)N(Cc1ccccc1)C(=O)Cc1ccc(F)cc1. The van der Waals surface area contributed by atoms with E-state index in [9.17, 15) is 14.0 Å². The number of nitrogens with one attached hydrogen (secondary N) is 1.